The highest BCUT2D eigenvalue weighted by atomic mass is 32.1. The number of rotatable bonds is 6. The van der Waals surface area contributed by atoms with Gasteiger partial charge in [0.2, 0.25) is 0 Å². The van der Waals surface area contributed by atoms with E-state index in [4.69, 9.17) is 10.9 Å². The number of hydrogen-bond acceptors (Lipinski definition) is 4. The van der Waals surface area contributed by atoms with Gasteiger partial charge in [-0.15, -0.1) is 11.3 Å². The van der Waals surface area contributed by atoms with Crippen molar-refractivity contribution in [2.45, 2.75) is 38.8 Å². The minimum Gasteiger partial charge on any atom is -0.409 e. The molecule has 1 aromatic heterocycles. The zero-order valence-electron chi connectivity index (χ0n) is 10.6. The maximum atomic E-state index is 8.63. The maximum absolute atomic E-state index is 8.63. The average Bonchev–Trinajstić information content (AvgIpc) is 2.87. The predicted octanol–water partition coefficient (Wildman–Crippen LogP) is 2.66. The van der Waals surface area contributed by atoms with E-state index in [9.17, 15) is 0 Å². The molecule has 0 saturated carbocycles. The number of oxime groups is 1. The molecule has 0 bridgehead atoms. The molecule has 0 amide bonds. The number of amidine groups is 1. The third-order valence-corrected chi connectivity index (χ3v) is 4.23. The Morgan fingerprint density at radius 3 is 2.82 bits per heavy atom. The van der Waals surface area contributed by atoms with Crippen molar-refractivity contribution in [2.75, 3.05) is 7.05 Å². The molecular formula is C12H21N3OS. The summed E-state index contributed by atoms with van der Waals surface area (Å²) in [4.78, 5) is 3.62. The van der Waals surface area contributed by atoms with Crippen molar-refractivity contribution in [3.05, 3.63) is 22.4 Å². The third kappa shape index (κ3) is 3.71. The number of nitrogens with zero attached hydrogens (tertiary/aromatic N) is 2. The molecule has 0 radical (unpaired) electrons. The van der Waals surface area contributed by atoms with Gasteiger partial charge in [0, 0.05) is 23.4 Å². The Labute approximate surface area is 107 Å². The van der Waals surface area contributed by atoms with Gasteiger partial charge in [-0.3, -0.25) is 4.90 Å². The van der Waals surface area contributed by atoms with Crippen molar-refractivity contribution in [3.63, 3.8) is 0 Å². The molecule has 1 rings (SSSR count). The Hall–Kier alpha value is -1.07. The highest BCUT2D eigenvalue weighted by Gasteiger charge is 2.21. The molecule has 96 valence electrons. The topological polar surface area (TPSA) is 61.9 Å². The fraction of sp³-hybridized carbons (Fsp3) is 0.583. The summed E-state index contributed by atoms with van der Waals surface area (Å²) in [6.07, 6.45) is 1.57. The van der Waals surface area contributed by atoms with E-state index in [1.54, 1.807) is 11.3 Å². The van der Waals surface area contributed by atoms with Gasteiger partial charge in [-0.05, 0) is 31.8 Å². The van der Waals surface area contributed by atoms with E-state index in [1.165, 1.54) is 4.88 Å². The van der Waals surface area contributed by atoms with E-state index < -0.39 is 0 Å². The van der Waals surface area contributed by atoms with Crippen molar-refractivity contribution < 1.29 is 5.21 Å². The van der Waals surface area contributed by atoms with Gasteiger partial charge in [0.25, 0.3) is 0 Å². The average molecular weight is 255 g/mol. The zero-order valence-corrected chi connectivity index (χ0v) is 11.4. The molecule has 2 atom stereocenters. The largest absolute Gasteiger partial charge is 0.409 e. The van der Waals surface area contributed by atoms with Crippen molar-refractivity contribution in [1.29, 1.82) is 0 Å². The first-order valence-electron chi connectivity index (χ1n) is 5.81. The van der Waals surface area contributed by atoms with Gasteiger partial charge >= 0.3 is 0 Å². The lowest BCUT2D eigenvalue weighted by Crippen LogP contribution is -2.36. The fourth-order valence-corrected chi connectivity index (χ4v) is 2.74. The second-order valence-corrected chi connectivity index (χ2v) is 5.19. The summed E-state index contributed by atoms with van der Waals surface area (Å²) < 4.78 is 0. The van der Waals surface area contributed by atoms with Crippen molar-refractivity contribution in [2.24, 2.45) is 10.9 Å². The van der Waals surface area contributed by atoms with Crippen LogP contribution in [0.5, 0.6) is 0 Å². The highest BCUT2D eigenvalue weighted by Crippen LogP contribution is 2.26. The Kier molecular flexibility index (Phi) is 5.44. The van der Waals surface area contributed by atoms with Gasteiger partial charge in [0.05, 0.1) is 0 Å². The van der Waals surface area contributed by atoms with Crippen LogP contribution in [0.3, 0.4) is 0 Å². The molecule has 5 heteroatoms. The van der Waals surface area contributed by atoms with E-state index in [0.29, 0.717) is 24.3 Å². The van der Waals surface area contributed by atoms with E-state index >= 15 is 0 Å². The van der Waals surface area contributed by atoms with Crippen molar-refractivity contribution in [3.8, 4) is 0 Å². The van der Waals surface area contributed by atoms with E-state index in [0.717, 1.165) is 6.42 Å². The van der Waals surface area contributed by atoms with E-state index in [1.807, 2.05) is 0 Å². The first kappa shape index (κ1) is 14.0. The second-order valence-electron chi connectivity index (χ2n) is 4.21. The molecule has 3 N–H and O–H groups in total. The normalized spacial score (nSPS) is 16.1. The summed E-state index contributed by atoms with van der Waals surface area (Å²) in [6.45, 7) is 4.30. The standard InChI is InChI=1S/C12H21N3OS/c1-4-10(8-12(13)14-16)15(3)9(2)11-6-5-7-17-11/h5-7,9-10,16H,4,8H2,1-3H3,(H2,13,14). The van der Waals surface area contributed by atoms with Crippen LogP contribution in [-0.4, -0.2) is 29.0 Å². The zero-order chi connectivity index (χ0) is 12.8. The Bertz CT molecular complexity index is 351. The number of hydrogen-bond donors (Lipinski definition) is 2. The first-order valence-corrected chi connectivity index (χ1v) is 6.69. The molecule has 2 unspecified atom stereocenters. The summed E-state index contributed by atoms with van der Waals surface area (Å²) in [5.74, 6) is 0.294. The van der Waals surface area contributed by atoms with Gasteiger partial charge in [-0.25, -0.2) is 0 Å². The quantitative estimate of drug-likeness (QED) is 0.355. The molecule has 1 aromatic rings. The van der Waals surface area contributed by atoms with Crippen LogP contribution >= 0.6 is 11.3 Å². The second kappa shape index (κ2) is 6.61. The molecule has 0 aliphatic carbocycles. The lowest BCUT2D eigenvalue weighted by molar-refractivity contribution is 0.185. The molecule has 1 heterocycles. The van der Waals surface area contributed by atoms with E-state index in [2.05, 4.69) is 48.5 Å². The lowest BCUT2D eigenvalue weighted by Gasteiger charge is -2.31. The van der Waals surface area contributed by atoms with Crippen LogP contribution in [0.2, 0.25) is 0 Å². The monoisotopic (exact) mass is 255 g/mol. The number of nitrogens with two attached hydrogens (primary N) is 1. The van der Waals surface area contributed by atoms with E-state index in [-0.39, 0.29) is 0 Å². The van der Waals surface area contributed by atoms with Crippen LogP contribution < -0.4 is 5.73 Å². The third-order valence-electron chi connectivity index (χ3n) is 3.19. The summed E-state index contributed by atoms with van der Waals surface area (Å²) >= 11 is 1.76. The minimum absolute atomic E-state index is 0.294. The lowest BCUT2D eigenvalue weighted by atomic mass is 10.1. The highest BCUT2D eigenvalue weighted by molar-refractivity contribution is 7.10. The Balaban J connectivity index is 2.68. The Morgan fingerprint density at radius 1 is 1.65 bits per heavy atom. The van der Waals surface area contributed by atoms with Gasteiger partial charge < -0.3 is 10.9 Å². The maximum Gasteiger partial charge on any atom is 0.140 e. The molecule has 0 aliphatic heterocycles. The SMILES string of the molecule is CCC(C/C(N)=N/O)N(C)C(C)c1cccs1. The molecule has 4 nitrogen and oxygen atoms in total. The van der Waals surface area contributed by atoms with Crippen LogP contribution in [0.1, 0.15) is 37.6 Å². The van der Waals surface area contributed by atoms with Crippen LogP contribution in [0, 0.1) is 0 Å². The van der Waals surface area contributed by atoms with Crippen molar-refractivity contribution >= 4 is 17.2 Å². The first-order chi connectivity index (χ1) is 8.10. The van der Waals surface area contributed by atoms with Crippen LogP contribution in [0.15, 0.2) is 22.7 Å². The molecule has 0 saturated heterocycles. The van der Waals surface area contributed by atoms with Gasteiger partial charge in [0.15, 0.2) is 0 Å². The van der Waals surface area contributed by atoms with Crippen LogP contribution in [0.25, 0.3) is 0 Å². The summed E-state index contributed by atoms with van der Waals surface area (Å²) in [5.41, 5.74) is 5.58. The number of thiophene rings is 1. The molecule has 0 fully saturated rings. The molecule has 17 heavy (non-hydrogen) atoms. The van der Waals surface area contributed by atoms with Gasteiger partial charge in [0.1, 0.15) is 5.84 Å². The summed E-state index contributed by atoms with van der Waals surface area (Å²) in [7, 11) is 2.09. The van der Waals surface area contributed by atoms with Gasteiger partial charge in [-0.1, -0.05) is 18.1 Å². The van der Waals surface area contributed by atoms with Crippen LogP contribution in [0.4, 0.5) is 0 Å². The summed E-state index contributed by atoms with van der Waals surface area (Å²) in [5, 5.41) is 13.8. The molecular weight excluding hydrogens is 234 g/mol. The predicted molar refractivity (Wildman–Crippen MR) is 72.6 cm³/mol. The van der Waals surface area contributed by atoms with Crippen molar-refractivity contribution in [1.82, 2.24) is 4.90 Å². The van der Waals surface area contributed by atoms with Crippen LogP contribution in [-0.2, 0) is 0 Å². The molecule has 0 aromatic carbocycles. The summed E-state index contributed by atoms with van der Waals surface area (Å²) in [6, 6.07) is 4.85. The smallest absolute Gasteiger partial charge is 0.140 e. The fourth-order valence-electron chi connectivity index (χ4n) is 1.90. The molecule has 0 spiro atoms. The van der Waals surface area contributed by atoms with Gasteiger partial charge in [-0.2, -0.15) is 0 Å². The Morgan fingerprint density at radius 2 is 2.35 bits per heavy atom. The minimum atomic E-state index is 0.294. The molecule has 0 aliphatic rings.